The number of amides is 1. The third-order valence-electron chi connectivity index (χ3n) is 4.34. The van der Waals surface area contributed by atoms with E-state index in [1.54, 1.807) is 17.1 Å². The Morgan fingerprint density at radius 1 is 1.48 bits per heavy atom. The van der Waals surface area contributed by atoms with Crippen LogP contribution in [-0.2, 0) is 18.3 Å². The number of nitrogens with one attached hydrogen (secondary N) is 1. The summed E-state index contributed by atoms with van der Waals surface area (Å²) in [5.74, 6) is 0.258. The summed E-state index contributed by atoms with van der Waals surface area (Å²) in [5, 5.41) is 16.8. The zero-order valence-corrected chi connectivity index (χ0v) is 13.2. The molecule has 122 valence electrons. The number of nitrogens with zero attached hydrogens (tertiary/aromatic N) is 3. The first-order valence-electron chi connectivity index (χ1n) is 7.97. The summed E-state index contributed by atoms with van der Waals surface area (Å²) in [4.78, 5) is 16.7. The van der Waals surface area contributed by atoms with Crippen molar-refractivity contribution >= 4 is 5.91 Å². The van der Waals surface area contributed by atoms with E-state index < -0.39 is 0 Å². The SMILES string of the molecule is Cn1cc(CCC(=O)N[C@H](c2ccccn2)C2CC(O)C2)cn1. The van der Waals surface area contributed by atoms with Gasteiger partial charge in [-0.25, -0.2) is 0 Å². The highest BCUT2D eigenvalue weighted by molar-refractivity contribution is 5.76. The number of aliphatic hydroxyl groups excluding tert-OH is 1. The molecule has 2 aromatic heterocycles. The van der Waals surface area contributed by atoms with Crippen LogP contribution in [0.2, 0.25) is 0 Å². The van der Waals surface area contributed by atoms with Crippen molar-refractivity contribution in [2.45, 2.75) is 37.8 Å². The Balaban J connectivity index is 1.60. The molecule has 1 aliphatic carbocycles. The first kappa shape index (κ1) is 15.7. The van der Waals surface area contributed by atoms with Crippen LogP contribution in [0.4, 0.5) is 0 Å². The average molecular weight is 314 g/mol. The highest BCUT2D eigenvalue weighted by Gasteiger charge is 2.36. The fraction of sp³-hybridized carbons (Fsp3) is 0.471. The Labute approximate surface area is 135 Å². The minimum absolute atomic E-state index is 0.00546. The maximum absolute atomic E-state index is 12.3. The smallest absolute Gasteiger partial charge is 0.220 e. The van der Waals surface area contributed by atoms with Gasteiger partial charge in [-0.3, -0.25) is 14.5 Å². The molecule has 0 aliphatic heterocycles. The zero-order valence-electron chi connectivity index (χ0n) is 13.2. The van der Waals surface area contributed by atoms with Crippen molar-refractivity contribution in [1.82, 2.24) is 20.1 Å². The molecule has 1 amide bonds. The van der Waals surface area contributed by atoms with Crippen LogP contribution < -0.4 is 5.32 Å². The van der Waals surface area contributed by atoms with Crippen molar-refractivity contribution in [1.29, 1.82) is 0 Å². The van der Waals surface area contributed by atoms with Crippen molar-refractivity contribution in [3.63, 3.8) is 0 Å². The van der Waals surface area contributed by atoms with E-state index in [-0.39, 0.29) is 24.0 Å². The first-order chi connectivity index (χ1) is 11.1. The normalized spacial score (nSPS) is 21.5. The van der Waals surface area contributed by atoms with Crippen LogP contribution in [0.1, 0.15) is 36.6 Å². The minimum atomic E-state index is -0.251. The van der Waals surface area contributed by atoms with E-state index in [1.165, 1.54) is 0 Å². The highest BCUT2D eigenvalue weighted by atomic mass is 16.3. The molecule has 0 aromatic carbocycles. The summed E-state index contributed by atoms with van der Waals surface area (Å²) < 4.78 is 1.74. The highest BCUT2D eigenvalue weighted by Crippen LogP contribution is 2.37. The van der Waals surface area contributed by atoms with E-state index in [0.29, 0.717) is 25.7 Å². The molecule has 6 nitrogen and oxygen atoms in total. The van der Waals surface area contributed by atoms with Gasteiger partial charge in [0.25, 0.3) is 0 Å². The molecule has 0 saturated heterocycles. The van der Waals surface area contributed by atoms with Crippen molar-refractivity contribution in [2.75, 3.05) is 0 Å². The molecule has 1 aliphatic rings. The number of carbonyl (C=O) groups excluding carboxylic acids is 1. The van der Waals surface area contributed by atoms with E-state index in [1.807, 2.05) is 31.4 Å². The van der Waals surface area contributed by atoms with Gasteiger partial charge in [-0.2, -0.15) is 5.10 Å². The lowest BCUT2D eigenvalue weighted by Crippen LogP contribution is -2.41. The quantitative estimate of drug-likeness (QED) is 0.844. The number of pyridine rings is 1. The van der Waals surface area contributed by atoms with E-state index in [2.05, 4.69) is 15.4 Å². The molecule has 0 unspecified atom stereocenters. The van der Waals surface area contributed by atoms with Gasteiger partial charge in [0, 0.05) is 25.9 Å². The summed E-state index contributed by atoms with van der Waals surface area (Å²) in [6.07, 6.45) is 7.70. The van der Waals surface area contributed by atoms with Crippen LogP contribution in [0.25, 0.3) is 0 Å². The summed E-state index contributed by atoms with van der Waals surface area (Å²) in [6, 6.07) is 5.59. The van der Waals surface area contributed by atoms with Gasteiger partial charge in [0.1, 0.15) is 0 Å². The molecule has 1 fully saturated rings. The van der Waals surface area contributed by atoms with Gasteiger partial charge in [0.2, 0.25) is 5.91 Å². The Kier molecular flexibility index (Phi) is 4.71. The van der Waals surface area contributed by atoms with Gasteiger partial charge in [-0.15, -0.1) is 0 Å². The first-order valence-corrected chi connectivity index (χ1v) is 7.97. The molecular weight excluding hydrogens is 292 g/mol. The van der Waals surface area contributed by atoms with E-state index in [0.717, 1.165) is 11.3 Å². The third-order valence-corrected chi connectivity index (χ3v) is 4.34. The number of hydrogen-bond acceptors (Lipinski definition) is 4. The van der Waals surface area contributed by atoms with Gasteiger partial charge in [0.05, 0.1) is 24.0 Å². The average Bonchev–Trinajstić information content (AvgIpc) is 2.94. The molecule has 0 spiro atoms. The predicted octanol–water partition coefficient (Wildman–Crippen LogP) is 1.38. The largest absolute Gasteiger partial charge is 0.393 e. The number of hydrogen-bond donors (Lipinski definition) is 2. The molecule has 23 heavy (non-hydrogen) atoms. The van der Waals surface area contributed by atoms with E-state index in [9.17, 15) is 9.90 Å². The number of aryl methyl sites for hydroxylation is 2. The monoisotopic (exact) mass is 314 g/mol. The second-order valence-corrected chi connectivity index (χ2v) is 6.21. The minimum Gasteiger partial charge on any atom is -0.393 e. The topological polar surface area (TPSA) is 80.0 Å². The molecule has 0 radical (unpaired) electrons. The molecule has 1 saturated carbocycles. The third kappa shape index (κ3) is 3.96. The van der Waals surface area contributed by atoms with Crippen LogP contribution >= 0.6 is 0 Å². The molecule has 2 aromatic rings. The number of aromatic nitrogens is 3. The van der Waals surface area contributed by atoms with Gasteiger partial charge >= 0.3 is 0 Å². The van der Waals surface area contributed by atoms with Crippen LogP contribution in [0, 0.1) is 5.92 Å². The van der Waals surface area contributed by atoms with E-state index in [4.69, 9.17) is 0 Å². The molecular formula is C17H22N4O2. The second kappa shape index (κ2) is 6.91. The summed E-state index contributed by atoms with van der Waals surface area (Å²) in [7, 11) is 1.86. The molecule has 6 heteroatoms. The van der Waals surface area contributed by atoms with Gasteiger partial charge in [0.15, 0.2) is 0 Å². The lowest BCUT2D eigenvalue weighted by Gasteiger charge is -2.37. The Bertz CT molecular complexity index is 650. The van der Waals surface area contributed by atoms with Crippen LogP contribution in [0.5, 0.6) is 0 Å². The Morgan fingerprint density at radius 2 is 2.30 bits per heavy atom. The molecule has 3 rings (SSSR count). The summed E-state index contributed by atoms with van der Waals surface area (Å²) >= 11 is 0. The number of rotatable bonds is 6. The van der Waals surface area contributed by atoms with Crippen molar-refractivity contribution in [3.05, 3.63) is 48.0 Å². The predicted molar refractivity (Wildman–Crippen MR) is 85.4 cm³/mol. The number of carbonyl (C=O) groups is 1. The molecule has 2 heterocycles. The number of aliphatic hydroxyl groups is 1. The standard InChI is InChI=1S/C17H22N4O2/c1-21-11-12(10-19-21)5-6-16(23)20-17(13-8-14(22)9-13)15-4-2-3-7-18-15/h2-4,7,10-11,13-14,17,22H,5-6,8-9H2,1H3,(H,20,23)/t13?,14?,17-/m0/s1. The molecule has 1 atom stereocenters. The second-order valence-electron chi connectivity index (χ2n) is 6.21. The fourth-order valence-electron chi connectivity index (χ4n) is 3.00. The summed E-state index contributed by atoms with van der Waals surface area (Å²) in [5.41, 5.74) is 1.91. The van der Waals surface area contributed by atoms with Gasteiger partial charge in [-0.1, -0.05) is 6.07 Å². The lowest BCUT2D eigenvalue weighted by atomic mass is 9.76. The van der Waals surface area contributed by atoms with Gasteiger partial charge in [-0.05, 0) is 42.9 Å². The van der Waals surface area contributed by atoms with Crippen molar-refractivity contribution < 1.29 is 9.90 Å². The molecule has 0 bridgehead atoms. The fourth-order valence-corrected chi connectivity index (χ4v) is 3.00. The zero-order chi connectivity index (χ0) is 16.2. The maximum atomic E-state index is 12.3. The Morgan fingerprint density at radius 3 is 2.91 bits per heavy atom. The van der Waals surface area contributed by atoms with E-state index >= 15 is 0 Å². The Hall–Kier alpha value is -2.21. The maximum Gasteiger partial charge on any atom is 0.220 e. The molecule has 2 N–H and O–H groups in total. The van der Waals surface area contributed by atoms with Crippen LogP contribution in [-0.4, -0.2) is 31.9 Å². The van der Waals surface area contributed by atoms with Crippen molar-refractivity contribution in [3.8, 4) is 0 Å². The summed E-state index contributed by atoms with van der Waals surface area (Å²) in [6.45, 7) is 0. The lowest BCUT2D eigenvalue weighted by molar-refractivity contribution is -0.123. The van der Waals surface area contributed by atoms with Gasteiger partial charge < -0.3 is 10.4 Å². The van der Waals surface area contributed by atoms with Crippen LogP contribution in [0.3, 0.4) is 0 Å². The van der Waals surface area contributed by atoms with Crippen LogP contribution in [0.15, 0.2) is 36.8 Å². The van der Waals surface area contributed by atoms with Crippen molar-refractivity contribution in [2.24, 2.45) is 13.0 Å².